The van der Waals surface area contributed by atoms with E-state index < -0.39 is 6.00 Å². The molecule has 1 heterocycles. The lowest BCUT2D eigenvalue weighted by Crippen LogP contribution is -1.95. The van der Waals surface area contributed by atoms with E-state index >= 15 is 0 Å². The van der Waals surface area contributed by atoms with Gasteiger partial charge in [-0.05, 0) is 11.6 Å². The third-order valence-electron chi connectivity index (χ3n) is 1.09. The maximum atomic E-state index is 8.81. The Labute approximate surface area is 65.3 Å². The highest BCUT2D eigenvalue weighted by Gasteiger charge is 1.98. The number of hydrogen-bond donors (Lipinski definition) is 1. The Balaban J connectivity index is 2.89. The van der Waals surface area contributed by atoms with Crippen LogP contribution < -0.4 is 0 Å². The molecular formula is C6H5BClNO. The van der Waals surface area contributed by atoms with Crippen LogP contribution in [-0.2, 0) is 0 Å². The van der Waals surface area contributed by atoms with Gasteiger partial charge in [0.1, 0.15) is 13.0 Å². The highest BCUT2D eigenvalue weighted by Crippen LogP contribution is 2.09. The van der Waals surface area contributed by atoms with Crippen LogP contribution in [0.1, 0.15) is 11.6 Å². The topological polar surface area (TPSA) is 33.1 Å². The van der Waals surface area contributed by atoms with Gasteiger partial charge in [-0.3, -0.25) is 0 Å². The number of pyridine rings is 1. The standard InChI is InChI=1S/C6H5BClNO/c7-6(10)4-1-2-5(8)9-3-4/h1-3,6,10H. The Morgan fingerprint density at radius 2 is 2.30 bits per heavy atom. The van der Waals surface area contributed by atoms with Gasteiger partial charge in [0.25, 0.3) is 0 Å². The van der Waals surface area contributed by atoms with E-state index in [9.17, 15) is 0 Å². The summed E-state index contributed by atoms with van der Waals surface area (Å²) in [6.45, 7) is 0. The monoisotopic (exact) mass is 153 g/mol. The molecule has 0 aromatic carbocycles. The number of aliphatic hydroxyl groups excluding tert-OH is 1. The molecule has 4 heteroatoms. The maximum Gasteiger partial charge on any atom is 0.129 e. The Morgan fingerprint density at radius 3 is 2.70 bits per heavy atom. The molecule has 0 aliphatic heterocycles. The van der Waals surface area contributed by atoms with Gasteiger partial charge >= 0.3 is 0 Å². The first-order valence-electron chi connectivity index (χ1n) is 2.75. The van der Waals surface area contributed by atoms with E-state index in [-0.39, 0.29) is 0 Å². The van der Waals surface area contributed by atoms with Crippen LogP contribution in [0.4, 0.5) is 0 Å². The molecule has 0 aliphatic rings. The maximum absolute atomic E-state index is 8.81. The van der Waals surface area contributed by atoms with Gasteiger partial charge < -0.3 is 5.11 Å². The zero-order chi connectivity index (χ0) is 7.56. The molecule has 0 saturated heterocycles. The van der Waals surface area contributed by atoms with Crippen molar-refractivity contribution in [3.05, 3.63) is 29.0 Å². The van der Waals surface area contributed by atoms with Crippen molar-refractivity contribution in [3.63, 3.8) is 0 Å². The van der Waals surface area contributed by atoms with Gasteiger partial charge in [0.05, 0.1) is 0 Å². The van der Waals surface area contributed by atoms with E-state index in [1.807, 2.05) is 0 Å². The van der Waals surface area contributed by atoms with Crippen molar-refractivity contribution in [1.29, 1.82) is 0 Å². The van der Waals surface area contributed by atoms with Gasteiger partial charge in [0.2, 0.25) is 0 Å². The fourth-order valence-electron chi connectivity index (χ4n) is 0.562. The van der Waals surface area contributed by atoms with Crippen molar-refractivity contribution < 1.29 is 5.11 Å². The second-order valence-corrected chi connectivity index (χ2v) is 2.25. The van der Waals surface area contributed by atoms with Gasteiger partial charge in [-0.25, -0.2) is 4.98 Å². The first-order chi connectivity index (χ1) is 4.70. The second kappa shape index (κ2) is 3.04. The molecule has 0 aliphatic carbocycles. The summed E-state index contributed by atoms with van der Waals surface area (Å²) in [6, 6.07) is 2.23. The van der Waals surface area contributed by atoms with Gasteiger partial charge in [-0.15, -0.1) is 0 Å². The van der Waals surface area contributed by atoms with Crippen LogP contribution in [0.5, 0.6) is 0 Å². The molecule has 1 aromatic rings. The number of halogens is 1. The molecule has 0 spiro atoms. The van der Waals surface area contributed by atoms with Crippen LogP contribution >= 0.6 is 11.6 Å². The van der Waals surface area contributed by atoms with Gasteiger partial charge in [-0.1, -0.05) is 17.7 Å². The third kappa shape index (κ3) is 1.72. The minimum Gasteiger partial charge on any atom is -0.398 e. The zero-order valence-corrected chi connectivity index (χ0v) is 5.92. The molecule has 2 nitrogen and oxygen atoms in total. The summed E-state index contributed by atoms with van der Waals surface area (Å²) in [7, 11) is 5.14. The molecular weight excluding hydrogens is 148 g/mol. The Hall–Kier alpha value is -0.535. The average Bonchev–Trinajstić information content (AvgIpc) is 1.88. The first-order valence-corrected chi connectivity index (χ1v) is 3.13. The minimum atomic E-state index is -0.968. The molecule has 0 fully saturated rings. The SMILES string of the molecule is [B]C(O)c1ccc(Cl)nc1. The summed E-state index contributed by atoms with van der Waals surface area (Å²) in [5.41, 5.74) is 0.560. The van der Waals surface area contributed by atoms with E-state index in [1.165, 1.54) is 6.20 Å². The van der Waals surface area contributed by atoms with E-state index in [4.69, 9.17) is 24.6 Å². The molecule has 50 valence electrons. The molecule has 0 amide bonds. The van der Waals surface area contributed by atoms with Crippen molar-refractivity contribution >= 4 is 19.4 Å². The summed E-state index contributed by atoms with van der Waals surface area (Å²) in [6.07, 6.45) is 1.44. The fraction of sp³-hybridized carbons (Fsp3) is 0.167. The number of hydrogen-bond acceptors (Lipinski definition) is 2. The predicted octanol–water partition coefficient (Wildman–Crippen LogP) is 0.894. The van der Waals surface area contributed by atoms with Crippen LogP contribution in [0.15, 0.2) is 18.3 Å². The molecule has 10 heavy (non-hydrogen) atoms. The van der Waals surface area contributed by atoms with Crippen LogP contribution in [0.3, 0.4) is 0 Å². The van der Waals surface area contributed by atoms with Crippen molar-refractivity contribution in [1.82, 2.24) is 4.98 Å². The number of aliphatic hydroxyl groups is 1. The smallest absolute Gasteiger partial charge is 0.129 e. The second-order valence-electron chi connectivity index (χ2n) is 1.86. The molecule has 0 saturated carbocycles. The molecule has 1 atom stereocenters. The van der Waals surface area contributed by atoms with Gasteiger partial charge in [-0.2, -0.15) is 0 Å². The van der Waals surface area contributed by atoms with E-state index in [1.54, 1.807) is 12.1 Å². The predicted molar refractivity (Wildman–Crippen MR) is 40.0 cm³/mol. The molecule has 1 unspecified atom stereocenters. The zero-order valence-electron chi connectivity index (χ0n) is 5.16. The van der Waals surface area contributed by atoms with Crippen LogP contribution in [0, 0.1) is 0 Å². The molecule has 0 bridgehead atoms. The van der Waals surface area contributed by atoms with Gasteiger partial charge in [0.15, 0.2) is 0 Å². The van der Waals surface area contributed by atoms with E-state index in [0.717, 1.165) is 0 Å². The lowest BCUT2D eigenvalue weighted by molar-refractivity contribution is 0.261. The van der Waals surface area contributed by atoms with E-state index in [0.29, 0.717) is 10.7 Å². The first kappa shape index (κ1) is 7.57. The Kier molecular flexibility index (Phi) is 2.30. The summed E-state index contributed by atoms with van der Waals surface area (Å²) in [5.74, 6) is 0. The van der Waals surface area contributed by atoms with Crippen LogP contribution in [0.2, 0.25) is 5.15 Å². The highest BCUT2D eigenvalue weighted by molar-refractivity contribution is 6.29. The molecule has 1 rings (SSSR count). The molecule has 1 N–H and O–H groups in total. The normalized spacial score (nSPS) is 13.0. The third-order valence-corrected chi connectivity index (χ3v) is 1.32. The van der Waals surface area contributed by atoms with E-state index in [2.05, 4.69) is 4.98 Å². The number of nitrogens with zero attached hydrogens (tertiary/aromatic N) is 1. The highest BCUT2D eigenvalue weighted by atomic mass is 35.5. The quantitative estimate of drug-likeness (QED) is 0.480. The minimum absolute atomic E-state index is 0.393. The number of aromatic nitrogens is 1. The summed E-state index contributed by atoms with van der Waals surface area (Å²) < 4.78 is 0. The van der Waals surface area contributed by atoms with Gasteiger partial charge in [0, 0.05) is 12.2 Å². The Bertz CT molecular complexity index is 211. The van der Waals surface area contributed by atoms with Crippen molar-refractivity contribution in [3.8, 4) is 0 Å². The van der Waals surface area contributed by atoms with Crippen molar-refractivity contribution in [2.45, 2.75) is 6.00 Å². The lowest BCUT2D eigenvalue weighted by atomic mass is 9.94. The summed E-state index contributed by atoms with van der Waals surface area (Å²) in [5, 5.41) is 9.20. The van der Waals surface area contributed by atoms with Crippen LogP contribution in [0.25, 0.3) is 0 Å². The van der Waals surface area contributed by atoms with Crippen molar-refractivity contribution in [2.75, 3.05) is 0 Å². The largest absolute Gasteiger partial charge is 0.398 e. The van der Waals surface area contributed by atoms with Crippen LogP contribution in [-0.4, -0.2) is 17.9 Å². The lowest BCUT2D eigenvalue weighted by Gasteiger charge is -2.01. The fourth-order valence-corrected chi connectivity index (χ4v) is 0.674. The summed E-state index contributed by atoms with van der Waals surface area (Å²) in [4.78, 5) is 3.73. The van der Waals surface area contributed by atoms with Crippen molar-refractivity contribution in [2.24, 2.45) is 0 Å². The molecule has 2 radical (unpaired) electrons. The molecule has 1 aromatic heterocycles. The summed E-state index contributed by atoms with van der Waals surface area (Å²) >= 11 is 5.48. The number of rotatable bonds is 1. The Morgan fingerprint density at radius 1 is 1.60 bits per heavy atom. The average molecular weight is 153 g/mol.